The fraction of sp³-hybridized carbons (Fsp3) is 0.684. The van der Waals surface area contributed by atoms with Gasteiger partial charge in [0.1, 0.15) is 24.6 Å². The number of allylic oxidation sites excluding steroid dienone is 6. The van der Waals surface area contributed by atoms with Crippen LogP contribution in [0, 0.1) is 23.7 Å². The van der Waals surface area contributed by atoms with E-state index in [1.807, 2.05) is 39.0 Å². The SMILES string of the molecule is CCCCC[C@@H]1OCO[C@]2(C)/C=C(C)/C=C/C(=O)O[C@H]([C@H](C)[C@H](O)[C@@H](C)C(=O)/C=C/[C@H](C)[C@H](C)O)[C@@H](OC)/C=C/C=C(\C)C[C@H]1[C@@H]2O. The van der Waals surface area contributed by atoms with Crippen LogP contribution in [0.3, 0.4) is 0 Å². The van der Waals surface area contributed by atoms with Gasteiger partial charge in [0.2, 0.25) is 0 Å². The monoisotopic (exact) mass is 660 g/mol. The number of aliphatic hydroxyl groups excluding tert-OH is 3. The number of ether oxygens (including phenoxy) is 4. The molecule has 47 heavy (non-hydrogen) atoms. The number of aliphatic hydroxyl groups is 3. The lowest BCUT2D eigenvalue weighted by molar-refractivity contribution is -0.157. The van der Waals surface area contributed by atoms with Gasteiger partial charge in [-0.05, 0) is 52.7 Å². The minimum absolute atomic E-state index is 0.0484. The molecule has 2 heterocycles. The van der Waals surface area contributed by atoms with Crippen LogP contribution < -0.4 is 0 Å². The molecule has 1 saturated heterocycles. The molecule has 0 aromatic heterocycles. The highest BCUT2D eigenvalue weighted by Gasteiger charge is 2.44. The Morgan fingerprint density at radius 2 is 1.85 bits per heavy atom. The van der Waals surface area contributed by atoms with Crippen molar-refractivity contribution in [1.82, 2.24) is 0 Å². The zero-order valence-corrected chi connectivity index (χ0v) is 29.9. The molecular weight excluding hydrogens is 600 g/mol. The second kappa shape index (κ2) is 19.6. The van der Waals surface area contributed by atoms with E-state index in [0.717, 1.165) is 31.3 Å². The van der Waals surface area contributed by atoms with E-state index in [1.165, 1.54) is 19.3 Å². The summed E-state index contributed by atoms with van der Waals surface area (Å²) in [6, 6.07) is 0. The molecule has 2 rings (SSSR count). The maximum absolute atomic E-state index is 13.2. The predicted molar refractivity (Wildman–Crippen MR) is 183 cm³/mol. The van der Waals surface area contributed by atoms with Crippen LogP contribution in [0.25, 0.3) is 0 Å². The first kappa shape index (κ1) is 40.8. The van der Waals surface area contributed by atoms with Crippen LogP contribution in [0.5, 0.6) is 0 Å². The van der Waals surface area contributed by atoms with Crippen molar-refractivity contribution in [3.8, 4) is 0 Å². The number of hydrogen-bond acceptors (Lipinski definition) is 9. The molecule has 2 bridgehead atoms. The number of rotatable bonds is 12. The number of fused-ring (bicyclic) bond motifs is 2. The molecule has 266 valence electrons. The Hall–Kier alpha value is -2.40. The third-order valence-electron chi connectivity index (χ3n) is 9.64. The highest BCUT2D eigenvalue weighted by molar-refractivity contribution is 5.92. The van der Waals surface area contributed by atoms with Crippen LogP contribution in [0.1, 0.15) is 87.5 Å². The van der Waals surface area contributed by atoms with Crippen molar-refractivity contribution >= 4 is 11.8 Å². The molecule has 0 spiro atoms. The molecule has 9 nitrogen and oxygen atoms in total. The van der Waals surface area contributed by atoms with E-state index in [9.17, 15) is 24.9 Å². The van der Waals surface area contributed by atoms with Gasteiger partial charge in [-0.3, -0.25) is 4.79 Å². The van der Waals surface area contributed by atoms with Crippen molar-refractivity contribution in [3.63, 3.8) is 0 Å². The van der Waals surface area contributed by atoms with E-state index >= 15 is 0 Å². The minimum atomic E-state index is -1.15. The minimum Gasteiger partial charge on any atom is -0.456 e. The van der Waals surface area contributed by atoms with Gasteiger partial charge in [0.15, 0.2) is 5.78 Å². The second-order valence-electron chi connectivity index (χ2n) is 13.7. The van der Waals surface area contributed by atoms with Crippen LogP contribution in [-0.2, 0) is 28.5 Å². The van der Waals surface area contributed by atoms with Gasteiger partial charge < -0.3 is 34.3 Å². The highest BCUT2D eigenvalue weighted by atomic mass is 16.7. The Balaban J connectivity index is 2.48. The zero-order chi connectivity index (χ0) is 35.3. The van der Waals surface area contributed by atoms with Crippen LogP contribution in [-0.4, -0.2) is 83.2 Å². The van der Waals surface area contributed by atoms with E-state index < -0.39 is 53.9 Å². The van der Waals surface area contributed by atoms with Crippen molar-refractivity contribution in [2.24, 2.45) is 23.7 Å². The maximum Gasteiger partial charge on any atom is 0.331 e. The Morgan fingerprint density at radius 3 is 2.49 bits per heavy atom. The number of esters is 1. The number of carbonyl (C=O) groups is 2. The first-order valence-electron chi connectivity index (χ1n) is 17.1. The lowest BCUT2D eigenvalue weighted by atomic mass is 9.79. The number of unbranched alkanes of at least 4 members (excludes halogenated alkanes) is 2. The van der Waals surface area contributed by atoms with Gasteiger partial charge in [-0.25, -0.2) is 4.79 Å². The van der Waals surface area contributed by atoms with Crippen molar-refractivity contribution in [2.75, 3.05) is 13.9 Å². The number of ketones is 1. The van der Waals surface area contributed by atoms with Gasteiger partial charge >= 0.3 is 5.97 Å². The molecule has 0 unspecified atom stereocenters. The highest BCUT2D eigenvalue weighted by Crippen LogP contribution is 2.36. The van der Waals surface area contributed by atoms with Crippen LogP contribution in [0.15, 0.2) is 59.8 Å². The number of carbonyl (C=O) groups excluding carboxylic acids is 2. The zero-order valence-electron chi connectivity index (χ0n) is 29.9. The maximum atomic E-state index is 13.2. The van der Waals surface area contributed by atoms with Gasteiger partial charge in [-0.1, -0.05) is 88.5 Å². The lowest BCUT2D eigenvalue weighted by Gasteiger charge is -2.36. The largest absolute Gasteiger partial charge is 0.456 e. The fourth-order valence-corrected chi connectivity index (χ4v) is 6.16. The Labute approximate surface area is 282 Å². The fourth-order valence-electron chi connectivity index (χ4n) is 6.16. The van der Waals surface area contributed by atoms with Crippen LogP contribution >= 0.6 is 0 Å². The first-order valence-corrected chi connectivity index (χ1v) is 17.1. The summed E-state index contributed by atoms with van der Waals surface area (Å²) in [4.78, 5) is 26.1. The third-order valence-corrected chi connectivity index (χ3v) is 9.64. The van der Waals surface area contributed by atoms with Crippen molar-refractivity contribution < 1.29 is 43.9 Å². The summed E-state index contributed by atoms with van der Waals surface area (Å²) >= 11 is 0. The Kier molecular flexibility index (Phi) is 17.0. The van der Waals surface area contributed by atoms with Crippen molar-refractivity contribution in [1.29, 1.82) is 0 Å². The molecule has 1 fully saturated rings. The van der Waals surface area contributed by atoms with Crippen molar-refractivity contribution in [2.45, 2.75) is 130 Å². The topological polar surface area (TPSA) is 132 Å². The van der Waals surface area contributed by atoms with Crippen LogP contribution in [0.4, 0.5) is 0 Å². The molecular formula is C38H60O9. The summed E-state index contributed by atoms with van der Waals surface area (Å²) in [7, 11) is 1.50. The van der Waals surface area contributed by atoms with Gasteiger partial charge in [-0.15, -0.1) is 0 Å². The summed E-state index contributed by atoms with van der Waals surface area (Å²) in [5, 5.41) is 32.8. The molecule has 0 amide bonds. The summed E-state index contributed by atoms with van der Waals surface area (Å²) in [5.74, 6) is -2.88. The summed E-state index contributed by atoms with van der Waals surface area (Å²) in [6.45, 7) is 14.7. The average Bonchev–Trinajstić information content (AvgIpc) is 3.13. The summed E-state index contributed by atoms with van der Waals surface area (Å²) in [6.07, 6.45) is 13.4. The molecule has 0 aromatic carbocycles. The molecule has 11 atom stereocenters. The molecule has 2 aliphatic rings. The number of methoxy groups -OCH3 is 1. The molecule has 0 aromatic rings. The van der Waals surface area contributed by atoms with E-state index in [0.29, 0.717) is 12.0 Å². The van der Waals surface area contributed by atoms with Crippen LogP contribution in [0.2, 0.25) is 0 Å². The first-order chi connectivity index (χ1) is 22.1. The molecule has 0 saturated carbocycles. The lowest BCUT2D eigenvalue weighted by Crippen LogP contribution is -2.46. The summed E-state index contributed by atoms with van der Waals surface area (Å²) in [5.41, 5.74) is 0.652. The number of cyclic esters (lactones) is 1. The second-order valence-corrected chi connectivity index (χ2v) is 13.7. The predicted octanol–water partition coefficient (Wildman–Crippen LogP) is 5.79. The Morgan fingerprint density at radius 1 is 1.15 bits per heavy atom. The smallest absolute Gasteiger partial charge is 0.331 e. The van der Waals surface area contributed by atoms with Gasteiger partial charge in [0.05, 0.1) is 24.4 Å². The van der Waals surface area contributed by atoms with Gasteiger partial charge in [0, 0.05) is 36.9 Å². The molecule has 3 N–H and O–H groups in total. The van der Waals surface area contributed by atoms with E-state index in [-0.39, 0.29) is 30.5 Å². The molecule has 9 heteroatoms. The van der Waals surface area contributed by atoms with Gasteiger partial charge in [0.25, 0.3) is 0 Å². The Bertz CT molecular complexity index is 1150. The van der Waals surface area contributed by atoms with Crippen molar-refractivity contribution in [3.05, 3.63) is 59.8 Å². The third kappa shape index (κ3) is 12.2. The summed E-state index contributed by atoms with van der Waals surface area (Å²) < 4.78 is 24.0. The normalized spacial score (nSPS) is 34.8. The number of hydrogen-bond donors (Lipinski definition) is 3. The molecule has 0 aliphatic carbocycles. The van der Waals surface area contributed by atoms with E-state index in [4.69, 9.17) is 18.9 Å². The molecule has 0 radical (unpaired) electrons. The molecule has 2 aliphatic heterocycles. The average molecular weight is 661 g/mol. The van der Waals surface area contributed by atoms with E-state index in [1.54, 1.807) is 45.9 Å². The van der Waals surface area contributed by atoms with E-state index in [2.05, 4.69) is 6.92 Å². The quantitative estimate of drug-likeness (QED) is 0.135. The standard InChI is InChI=1S/C38H60O9/c1-10-11-12-15-32-30-21-24(2)14-13-16-33(44-9)36(28(6)35(42)27(5)31(40)19-18-26(4)29(7)39)47-34(41)20-17-25(3)22-38(8,37(30)43)46-23-45-32/h13-14,16-20,22,26-30,32-33,35-37,39,42-43H,10-12,15,21,23H2,1-9H3/b16-13+,19-18+,20-17+,24-14+,25-22+/t26-,27-,28+,29-,30+,32-,33-,35+,36+,37-,38+/m0/s1. The van der Waals surface area contributed by atoms with Gasteiger partial charge in [-0.2, -0.15) is 0 Å².